The number of carbonyl (C=O) groups excluding carboxylic acids is 1. The molecule has 124 valence electrons. The van der Waals surface area contributed by atoms with Crippen LogP contribution in [0.3, 0.4) is 0 Å². The molecule has 22 heavy (non-hydrogen) atoms. The third kappa shape index (κ3) is 4.54. The molecule has 0 radical (unpaired) electrons. The van der Waals surface area contributed by atoms with Crippen molar-refractivity contribution in [2.45, 2.75) is 39.2 Å². The van der Waals surface area contributed by atoms with E-state index in [4.69, 9.17) is 0 Å². The molecule has 2 rings (SSSR count). The third-order valence-electron chi connectivity index (χ3n) is 3.84. The van der Waals surface area contributed by atoms with Crippen LogP contribution in [0.5, 0.6) is 0 Å². The molecule has 1 fully saturated rings. The summed E-state index contributed by atoms with van der Waals surface area (Å²) in [7, 11) is -3.24. The number of nitrogens with one attached hydrogen (secondary N) is 1. The molecule has 1 aromatic heterocycles. The SMILES string of the molecule is Cc1cc(C)n([C@H]2CCCN(C(=O)CCNS(C)(=O)=O)C2)n1. The van der Waals surface area contributed by atoms with E-state index in [0.717, 1.165) is 37.0 Å². The number of nitrogens with zero attached hydrogens (tertiary/aromatic N) is 3. The maximum Gasteiger partial charge on any atom is 0.223 e. The van der Waals surface area contributed by atoms with Crippen molar-refractivity contribution in [3.8, 4) is 0 Å². The highest BCUT2D eigenvalue weighted by molar-refractivity contribution is 7.88. The normalized spacial score (nSPS) is 19.4. The van der Waals surface area contributed by atoms with Crippen molar-refractivity contribution in [2.75, 3.05) is 25.9 Å². The Kier molecular flexibility index (Phi) is 5.23. The fourth-order valence-corrected chi connectivity index (χ4v) is 3.37. The van der Waals surface area contributed by atoms with Gasteiger partial charge >= 0.3 is 0 Å². The Morgan fingerprint density at radius 3 is 2.77 bits per heavy atom. The van der Waals surface area contributed by atoms with E-state index >= 15 is 0 Å². The number of aryl methyl sites for hydroxylation is 2. The Morgan fingerprint density at radius 1 is 1.45 bits per heavy atom. The summed E-state index contributed by atoms with van der Waals surface area (Å²) in [4.78, 5) is 14.0. The summed E-state index contributed by atoms with van der Waals surface area (Å²) in [6.45, 7) is 5.51. The van der Waals surface area contributed by atoms with E-state index in [-0.39, 0.29) is 24.9 Å². The zero-order valence-corrected chi connectivity index (χ0v) is 14.2. The van der Waals surface area contributed by atoms with E-state index in [9.17, 15) is 13.2 Å². The summed E-state index contributed by atoms with van der Waals surface area (Å²) in [5, 5.41) is 4.51. The van der Waals surface area contributed by atoms with Crippen LogP contribution in [0, 0.1) is 13.8 Å². The van der Waals surface area contributed by atoms with Crippen molar-refractivity contribution < 1.29 is 13.2 Å². The van der Waals surface area contributed by atoms with E-state index in [0.29, 0.717) is 6.54 Å². The number of hydrogen-bond donors (Lipinski definition) is 1. The summed E-state index contributed by atoms with van der Waals surface area (Å²) in [6, 6.07) is 2.24. The Morgan fingerprint density at radius 2 is 2.18 bits per heavy atom. The highest BCUT2D eigenvalue weighted by atomic mass is 32.2. The van der Waals surface area contributed by atoms with Gasteiger partial charge in [0.15, 0.2) is 0 Å². The van der Waals surface area contributed by atoms with Gasteiger partial charge in [0.25, 0.3) is 0 Å². The molecule has 2 heterocycles. The maximum absolute atomic E-state index is 12.2. The fourth-order valence-electron chi connectivity index (χ4n) is 2.90. The number of aromatic nitrogens is 2. The number of carbonyl (C=O) groups is 1. The van der Waals surface area contributed by atoms with Crippen LogP contribution < -0.4 is 4.72 Å². The van der Waals surface area contributed by atoms with Gasteiger partial charge in [-0.15, -0.1) is 0 Å². The topological polar surface area (TPSA) is 84.3 Å². The minimum absolute atomic E-state index is 0.0117. The molecule has 0 unspecified atom stereocenters. The second kappa shape index (κ2) is 6.78. The van der Waals surface area contributed by atoms with Crippen LogP contribution in [0.15, 0.2) is 6.07 Å². The Labute approximate surface area is 131 Å². The third-order valence-corrected chi connectivity index (χ3v) is 4.57. The van der Waals surface area contributed by atoms with Crippen LogP contribution in [0.1, 0.15) is 36.7 Å². The lowest BCUT2D eigenvalue weighted by molar-refractivity contribution is -0.132. The number of rotatable bonds is 5. The minimum atomic E-state index is -3.24. The molecule has 0 aromatic carbocycles. The molecule has 1 amide bonds. The first-order valence-electron chi connectivity index (χ1n) is 7.51. The van der Waals surface area contributed by atoms with E-state index in [1.165, 1.54) is 0 Å². The molecule has 1 aliphatic rings. The summed E-state index contributed by atoms with van der Waals surface area (Å²) in [5.41, 5.74) is 2.09. The number of likely N-dealkylation sites (tertiary alicyclic amines) is 1. The largest absolute Gasteiger partial charge is 0.341 e. The molecule has 8 heteroatoms. The molecule has 1 aromatic rings. The first kappa shape index (κ1) is 17.0. The van der Waals surface area contributed by atoms with Crippen LogP contribution >= 0.6 is 0 Å². The smallest absolute Gasteiger partial charge is 0.223 e. The van der Waals surface area contributed by atoms with Gasteiger partial charge in [0.05, 0.1) is 18.0 Å². The number of piperidine rings is 1. The zero-order chi connectivity index (χ0) is 16.3. The average Bonchev–Trinajstić information content (AvgIpc) is 2.76. The lowest BCUT2D eigenvalue weighted by Crippen LogP contribution is -2.42. The molecule has 1 N–H and O–H groups in total. The van der Waals surface area contributed by atoms with E-state index in [2.05, 4.69) is 9.82 Å². The van der Waals surface area contributed by atoms with E-state index in [1.807, 2.05) is 29.5 Å². The summed E-state index contributed by atoms with van der Waals surface area (Å²) in [6.07, 6.45) is 3.23. The standard InChI is InChI=1S/C14H24N4O3S/c1-11-9-12(2)18(16-11)13-5-4-8-17(10-13)14(19)6-7-15-22(3,20)21/h9,13,15H,4-8,10H2,1-3H3/t13-/m0/s1. The Bertz CT molecular complexity index is 639. The zero-order valence-electron chi connectivity index (χ0n) is 13.4. The molecular weight excluding hydrogens is 304 g/mol. The molecule has 0 bridgehead atoms. The molecular formula is C14H24N4O3S. The number of amides is 1. The Hall–Kier alpha value is -1.41. The van der Waals surface area contributed by atoms with Gasteiger partial charge in [-0.1, -0.05) is 0 Å². The van der Waals surface area contributed by atoms with Crippen LogP contribution in [-0.4, -0.2) is 54.9 Å². The molecule has 0 saturated carbocycles. The summed E-state index contributed by atoms with van der Waals surface area (Å²) < 4.78 is 26.4. The van der Waals surface area contributed by atoms with Crippen molar-refractivity contribution in [1.82, 2.24) is 19.4 Å². The van der Waals surface area contributed by atoms with Gasteiger partial charge in [0.2, 0.25) is 15.9 Å². The van der Waals surface area contributed by atoms with Gasteiger partial charge in [0, 0.05) is 31.7 Å². The average molecular weight is 328 g/mol. The number of sulfonamides is 1. The molecule has 0 spiro atoms. The van der Waals surface area contributed by atoms with Crippen molar-refractivity contribution in [2.24, 2.45) is 0 Å². The quantitative estimate of drug-likeness (QED) is 0.858. The van der Waals surface area contributed by atoms with Crippen molar-refractivity contribution in [3.63, 3.8) is 0 Å². The van der Waals surface area contributed by atoms with E-state index < -0.39 is 10.0 Å². The van der Waals surface area contributed by atoms with Crippen molar-refractivity contribution in [1.29, 1.82) is 0 Å². The number of hydrogen-bond acceptors (Lipinski definition) is 4. The summed E-state index contributed by atoms with van der Waals surface area (Å²) in [5.74, 6) is -0.0117. The van der Waals surface area contributed by atoms with Gasteiger partial charge in [-0.2, -0.15) is 5.10 Å². The monoisotopic (exact) mass is 328 g/mol. The molecule has 1 atom stereocenters. The second-order valence-electron chi connectivity index (χ2n) is 5.92. The molecule has 0 aliphatic carbocycles. The minimum Gasteiger partial charge on any atom is -0.341 e. The van der Waals surface area contributed by atoms with Gasteiger partial charge in [-0.25, -0.2) is 13.1 Å². The lowest BCUT2D eigenvalue weighted by atomic mass is 10.1. The van der Waals surface area contributed by atoms with Crippen LogP contribution in [0.4, 0.5) is 0 Å². The molecule has 1 saturated heterocycles. The van der Waals surface area contributed by atoms with Gasteiger partial charge in [-0.05, 0) is 32.8 Å². The predicted molar refractivity (Wildman–Crippen MR) is 84.0 cm³/mol. The maximum atomic E-state index is 12.2. The molecule has 7 nitrogen and oxygen atoms in total. The van der Waals surface area contributed by atoms with Gasteiger partial charge in [-0.3, -0.25) is 9.48 Å². The van der Waals surface area contributed by atoms with Crippen LogP contribution in [-0.2, 0) is 14.8 Å². The predicted octanol–water partition coefficient (Wildman–Crippen LogP) is 0.603. The Balaban J connectivity index is 1.93. The van der Waals surface area contributed by atoms with E-state index in [1.54, 1.807) is 0 Å². The molecule has 1 aliphatic heterocycles. The van der Waals surface area contributed by atoms with Crippen molar-refractivity contribution in [3.05, 3.63) is 17.5 Å². The van der Waals surface area contributed by atoms with Crippen LogP contribution in [0.2, 0.25) is 0 Å². The van der Waals surface area contributed by atoms with Crippen LogP contribution in [0.25, 0.3) is 0 Å². The highest BCUT2D eigenvalue weighted by Gasteiger charge is 2.25. The first-order valence-corrected chi connectivity index (χ1v) is 9.40. The van der Waals surface area contributed by atoms with Gasteiger partial charge < -0.3 is 4.90 Å². The van der Waals surface area contributed by atoms with Gasteiger partial charge in [0.1, 0.15) is 0 Å². The summed E-state index contributed by atoms with van der Waals surface area (Å²) >= 11 is 0. The first-order chi connectivity index (χ1) is 10.3. The highest BCUT2D eigenvalue weighted by Crippen LogP contribution is 2.23. The lowest BCUT2D eigenvalue weighted by Gasteiger charge is -2.33. The van der Waals surface area contributed by atoms with Crippen molar-refractivity contribution >= 4 is 15.9 Å². The second-order valence-corrected chi connectivity index (χ2v) is 7.76. The fraction of sp³-hybridized carbons (Fsp3) is 0.714.